The Hall–Kier alpha value is -2.96. The van der Waals surface area contributed by atoms with Gasteiger partial charge in [-0.1, -0.05) is 91.0 Å². The molecule has 4 rings (SSSR count). The van der Waals surface area contributed by atoms with Crippen LogP contribution >= 0.6 is 7.14 Å². The molecule has 1 aromatic heterocycles. The molecule has 0 aliphatic carbocycles. The number of pyridine rings is 1. The highest BCUT2D eigenvalue weighted by molar-refractivity contribution is 7.85. The van der Waals surface area contributed by atoms with Crippen molar-refractivity contribution in [3.8, 4) is 11.3 Å². The largest absolute Gasteiger partial charge is 0.309 e. The van der Waals surface area contributed by atoms with Crippen molar-refractivity contribution >= 4 is 23.1 Å². The van der Waals surface area contributed by atoms with Crippen LogP contribution in [0, 0.1) is 0 Å². The lowest BCUT2D eigenvalue weighted by Crippen LogP contribution is -2.25. The molecule has 0 bridgehead atoms. The van der Waals surface area contributed by atoms with Gasteiger partial charge in [0.15, 0.2) is 7.14 Å². The van der Waals surface area contributed by atoms with Crippen LogP contribution in [0.2, 0.25) is 0 Å². The van der Waals surface area contributed by atoms with E-state index in [2.05, 4.69) is 4.98 Å². The maximum atomic E-state index is 14.4. The molecule has 0 saturated carbocycles. The van der Waals surface area contributed by atoms with Crippen LogP contribution in [-0.4, -0.2) is 4.98 Å². The summed E-state index contributed by atoms with van der Waals surface area (Å²) in [4.78, 5) is 4.49. The highest BCUT2D eigenvalue weighted by atomic mass is 31.2. The fraction of sp³-hybridized carbons (Fsp3) is 0. The van der Waals surface area contributed by atoms with E-state index in [1.807, 2.05) is 103 Å². The molecule has 1 heterocycles. The lowest BCUT2D eigenvalue weighted by Gasteiger charge is -2.20. The predicted molar refractivity (Wildman–Crippen MR) is 109 cm³/mol. The zero-order chi connectivity index (χ0) is 17.8. The lowest BCUT2D eigenvalue weighted by molar-refractivity contribution is 0.592. The van der Waals surface area contributed by atoms with Gasteiger partial charge in [-0.15, -0.1) is 0 Å². The average Bonchev–Trinajstić information content (AvgIpc) is 2.75. The van der Waals surface area contributed by atoms with Crippen LogP contribution in [0.4, 0.5) is 0 Å². The van der Waals surface area contributed by atoms with Gasteiger partial charge in [0.25, 0.3) is 0 Å². The van der Waals surface area contributed by atoms with E-state index in [0.29, 0.717) is 0 Å². The maximum Gasteiger partial charge on any atom is 0.171 e. The highest BCUT2D eigenvalue weighted by Crippen LogP contribution is 2.42. The number of aromatic nitrogens is 1. The fourth-order valence-corrected chi connectivity index (χ4v) is 5.76. The highest BCUT2D eigenvalue weighted by Gasteiger charge is 2.29. The first-order chi connectivity index (χ1) is 12.8. The minimum atomic E-state index is -2.96. The molecule has 4 aromatic rings. The molecule has 26 heavy (non-hydrogen) atoms. The molecule has 0 spiro atoms. The van der Waals surface area contributed by atoms with Crippen LogP contribution in [0.15, 0.2) is 109 Å². The van der Waals surface area contributed by atoms with Gasteiger partial charge in [-0.2, -0.15) is 0 Å². The van der Waals surface area contributed by atoms with Gasteiger partial charge in [-0.05, 0) is 12.1 Å². The summed E-state index contributed by atoms with van der Waals surface area (Å²) in [5.41, 5.74) is 1.84. The van der Waals surface area contributed by atoms with E-state index in [-0.39, 0.29) is 0 Å². The maximum absolute atomic E-state index is 14.4. The van der Waals surface area contributed by atoms with Gasteiger partial charge in [0.2, 0.25) is 0 Å². The van der Waals surface area contributed by atoms with Gasteiger partial charge < -0.3 is 4.57 Å². The average molecular weight is 355 g/mol. The number of benzene rings is 3. The van der Waals surface area contributed by atoms with Gasteiger partial charge in [0.05, 0.1) is 5.69 Å². The SMILES string of the molecule is O=P(c1ccccc1)(c1ccccc1)c1ccnc(-c2ccccc2)c1. The third-order valence-corrected chi connectivity index (χ3v) is 7.47. The van der Waals surface area contributed by atoms with Gasteiger partial charge in [-0.3, -0.25) is 4.98 Å². The number of hydrogen-bond acceptors (Lipinski definition) is 2. The molecular formula is C23H18NOP. The molecule has 0 unspecified atom stereocenters. The molecule has 0 N–H and O–H groups in total. The number of rotatable bonds is 4. The Morgan fingerprint density at radius 1 is 0.577 bits per heavy atom. The molecule has 0 fully saturated rings. The van der Waals surface area contributed by atoms with Crippen LogP contribution in [0.3, 0.4) is 0 Å². The Morgan fingerprint density at radius 2 is 1.08 bits per heavy atom. The minimum absolute atomic E-state index is 0.795. The third-order valence-electron chi connectivity index (χ3n) is 4.42. The van der Waals surface area contributed by atoms with E-state index >= 15 is 0 Å². The smallest absolute Gasteiger partial charge is 0.171 e. The monoisotopic (exact) mass is 355 g/mol. The Balaban J connectivity index is 1.93. The second-order valence-corrected chi connectivity index (χ2v) is 8.81. The zero-order valence-corrected chi connectivity index (χ0v) is 15.1. The first kappa shape index (κ1) is 16.5. The summed E-state index contributed by atoms with van der Waals surface area (Å²) in [5, 5.41) is 2.46. The van der Waals surface area contributed by atoms with E-state index in [9.17, 15) is 4.57 Å². The lowest BCUT2D eigenvalue weighted by atomic mass is 10.1. The van der Waals surface area contributed by atoms with Crippen molar-refractivity contribution in [2.75, 3.05) is 0 Å². The standard InChI is InChI=1S/C23H18NOP/c25-26(20-12-6-2-7-13-20,21-14-8-3-9-15-21)22-16-17-24-23(18-22)19-10-4-1-5-11-19/h1-18H. The molecule has 0 saturated heterocycles. The first-order valence-electron chi connectivity index (χ1n) is 8.52. The van der Waals surface area contributed by atoms with Crippen molar-refractivity contribution in [2.45, 2.75) is 0 Å². The van der Waals surface area contributed by atoms with Crippen molar-refractivity contribution in [2.24, 2.45) is 0 Å². The number of nitrogens with zero attached hydrogens (tertiary/aromatic N) is 1. The van der Waals surface area contributed by atoms with E-state index in [0.717, 1.165) is 27.2 Å². The summed E-state index contributed by atoms with van der Waals surface area (Å²) in [6.45, 7) is 0. The molecule has 3 aromatic carbocycles. The molecule has 2 nitrogen and oxygen atoms in total. The summed E-state index contributed by atoms with van der Waals surface area (Å²) in [5.74, 6) is 0. The van der Waals surface area contributed by atoms with Crippen LogP contribution in [0.1, 0.15) is 0 Å². The molecule has 0 radical (unpaired) electrons. The summed E-state index contributed by atoms with van der Waals surface area (Å²) in [6.07, 6.45) is 1.75. The summed E-state index contributed by atoms with van der Waals surface area (Å²) < 4.78 is 14.4. The predicted octanol–water partition coefficient (Wildman–Crippen LogP) is 4.39. The van der Waals surface area contributed by atoms with Crippen LogP contribution < -0.4 is 15.9 Å². The minimum Gasteiger partial charge on any atom is -0.309 e. The third kappa shape index (κ3) is 3.00. The summed E-state index contributed by atoms with van der Waals surface area (Å²) in [7, 11) is -2.96. The molecule has 3 heteroatoms. The molecule has 0 amide bonds. The fourth-order valence-electron chi connectivity index (χ4n) is 3.11. The molecule has 0 aliphatic heterocycles. The summed E-state index contributed by atoms with van der Waals surface area (Å²) in [6, 6.07) is 33.2. The van der Waals surface area contributed by atoms with Crippen LogP contribution in [0.25, 0.3) is 11.3 Å². The van der Waals surface area contributed by atoms with Gasteiger partial charge in [-0.25, -0.2) is 0 Å². The van der Waals surface area contributed by atoms with Crippen molar-refractivity contribution in [1.82, 2.24) is 4.98 Å². The molecule has 126 valence electrons. The first-order valence-corrected chi connectivity index (χ1v) is 10.2. The quantitative estimate of drug-likeness (QED) is 0.508. The zero-order valence-electron chi connectivity index (χ0n) is 14.2. The van der Waals surface area contributed by atoms with Crippen molar-refractivity contribution in [1.29, 1.82) is 0 Å². The van der Waals surface area contributed by atoms with E-state index in [4.69, 9.17) is 0 Å². The summed E-state index contributed by atoms with van der Waals surface area (Å²) >= 11 is 0. The second-order valence-electron chi connectivity index (χ2n) is 6.05. The Bertz CT molecular complexity index is 1000. The number of hydrogen-bond donors (Lipinski definition) is 0. The van der Waals surface area contributed by atoms with E-state index in [1.165, 1.54) is 0 Å². The molecule has 0 atom stereocenters. The normalized spacial score (nSPS) is 11.2. The van der Waals surface area contributed by atoms with E-state index in [1.54, 1.807) is 6.20 Å². The van der Waals surface area contributed by atoms with Crippen molar-refractivity contribution in [3.05, 3.63) is 109 Å². The topological polar surface area (TPSA) is 30.0 Å². The Morgan fingerprint density at radius 3 is 1.62 bits per heavy atom. The van der Waals surface area contributed by atoms with Gasteiger partial charge in [0, 0.05) is 27.7 Å². The Kier molecular flexibility index (Phi) is 4.51. The van der Waals surface area contributed by atoms with E-state index < -0.39 is 7.14 Å². The molecule has 0 aliphatic rings. The van der Waals surface area contributed by atoms with Crippen molar-refractivity contribution < 1.29 is 4.57 Å². The molecular weight excluding hydrogens is 337 g/mol. The van der Waals surface area contributed by atoms with Crippen LogP contribution in [-0.2, 0) is 4.57 Å². The van der Waals surface area contributed by atoms with Crippen molar-refractivity contribution in [3.63, 3.8) is 0 Å². The van der Waals surface area contributed by atoms with Crippen LogP contribution in [0.5, 0.6) is 0 Å². The van der Waals surface area contributed by atoms with Gasteiger partial charge in [0.1, 0.15) is 0 Å². The Labute approximate surface area is 153 Å². The second kappa shape index (κ2) is 7.11. The van der Waals surface area contributed by atoms with Gasteiger partial charge >= 0.3 is 0 Å².